The predicted octanol–water partition coefficient (Wildman–Crippen LogP) is 2.84. The number of benzene rings is 1. The quantitative estimate of drug-likeness (QED) is 0.752. The molecule has 1 amide bonds. The van der Waals surface area contributed by atoms with E-state index in [0.29, 0.717) is 12.5 Å². The summed E-state index contributed by atoms with van der Waals surface area (Å²) in [6, 6.07) is 6.17. The summed E-state index contributed by atoms with van der Waals surface area (Å²) in [7, 11) is 0. The van der Waals surface area contributed by atoms with Gasteiger partial charge in [0, 0.05) is 19.2 Å². The second kappa shape index (κ2) is 8.54. The summed E-state index contributed by atoms with van der Waals surface area (Å²) in [5.74, 6) is 0.264. The average Bonchev–Trinajstić information content (AvgIpc) is 2.42. The van der Waals surface area contributed by atoms with E-state index in [0.717, 1.165) is 18.4 Å². The van der Waals surface area contributed by atoms with E-state index in [9.17, 15) is 4.79 Å². The molecule has 0 fully saturated rings. The van der Waals surface area contributed by atoms with Gasteiger partial charge in [0.05, 0.1) is 0 Å². The normalized spacial score (nSPS) is 12.6. The van der Waals surface area contributed by atoms with Gasteiger partial charge in [0.2, 0.25) is 5.91 Å². The molecular formula is C17H25NO2. The van der Waals surface area contributed by atoms with Crippen LogP contribution in [-0.4, -0.2) is 24.2 Å². The SMILES string of the molecule is CCC(CCO)CNC(=O)/C=C/c1ccc(C)cc1C. The fourth-order valence-corrected chi connectivity index (χ4v) is 2.12. The van der Waals surface area contributed by atoms with Crippen LogP contribution in [0.3, 0.4) is 0 Å². The van der Waals surface area contributed by atoms with Gasteiger partial charge in [-0.3, -0.25) is 4.79 Å². The standard InChI is InChI=1S/C17H25NO2/c1-4-15(9-10-19)12-18-17(20)8-7-16-6-5-13(2)11-14(16)3/h5-8,11,15,19H,4,9-10,12H2,1-3H3,(H,18,20)/b8-7+. The van der Waals surface area contributed by atoms with Gasteiger partial charge in [0.25, 0.3) is 0 Å². The summed E-state index contributed by atoms with van der Waals surface area (Å²) in [6.45, 7) is 6.95. The summed E-state index contributed by atoms with van der Waals surface area (Å²) in [5.41, 5.74) is 3.45. The molecule has 3 heteroatoms. The molecule has 0 aliphatic rings. The second-order valence-corrected chi connectivity index (χ2v) is 5.23. The Bertz CT molecular complexity index is 466. The van der Waals surface area contributed by atoms with Crippen LogP contribution in [0.15, 0.2) is 24.3 Å². The highest BCUT2D eigenvalue weighted by Gasteiger charge is 2.06. The molecule has 0 radical (unpaired) electrons. The van der Waals surface area contributed by atoms with Crippen LogP contribution in [0.1, 0.15) is 36.5 Å². The molecule has 20 heavy (non-hydrogen) atoms. The Balaban J connectivity index is 2.51. The largest absolute Gasteiger partial charge is 0.396 e. The Morgan fingerprint density at radius 2 is 2.15 bits per heavy atom. The minimum Gasteiger partial charge on any atom is -0.396 e. The van der Waals surface area contributed by atoms with E-state index in [1.807, 2.05) is 25.1 Å². The monoisotopic (exact) mass is 275 g/mol. The first-order valence-electron chi connectivity index (χ1n) is 7.20. The van der Waals surface area contributed by atoms with Gasteiger partial charge in [-0.25, -0.2) is 0 Å². The number of carbonyl (C=O) groups is 1. The number of rotatable bonds is 7. The van der Waals surface area contributed by atoms with Gasteiger partial charge >= 0.3 is 0 Å². The summed E-state index contributed by atoms with van der Waals surface area (Å²) < 4.78 is 0. The van der Waals surface area contributed by atoms with Crippen LogP contribution >= 0.6 is 0 Å². The van der Waals surface area contributed by atoms with E-state index in [1.54, 1.807) is 6.08 Å². The third-order valence-corrected chi connectivity index (χ3v) is 3.52. The summed E-state index contributed by atoms with van der Waals surface area (Å²) in [5, 5.41) is 11.8. The van der Waals surface area contributed by atoms with Gasteiger partial charge in [0.1, 0.15) is 0 Å². The van der Waals surface area contributed by atoms with Crippen molar-refractivity contribution in [3.05, 3.63) is 41.0 Å². The molecule has 0 saturated carbocycles. The Hall–Kier alpha value is -1.61. The van der Waals surface area contributed by atoms with Gasteiger partial charge in [0.15, 0.2) is 0 Å². The molecule has 0 aliphatic heterocycles. The maximum Gasteiger partial charge on any atom is 0.244 e. The van der Waals surface area contributed by atoms with Crippen molar-refractivity contribution in [2.45, 2.75) is 33.6 Å². The van der Waals surface area contributed by atoms with E-state index >= 15 is 0 Å². The lowest BCUT2D eigenvalue weighted by Gasteiger charge is -2.13. The molecule has 3 nitrogen and oxygen atoms in total. The van der Waals surface area contributed by atoms with Crippen molar-refractivity contribution in [1.82, 2.24) is 5.32 Å². The van der Waals surface area contributed by atoms with Crippen LogP contribution in [0, 0.1) is 19.8 Å². The molecule has 0 aromatic heterocycles. The molecule has 0 bridgehead atoms. The minimum absolute atomic E-state index is 0.0821. The van der Waals surface area contributed by atoms with Crippen molar-refractivity contribution in [2.75, 3.05) is 13.2 Å². The van der Waals surface area contributed by atoms with Crippen LogP contribution in [0.4, 0.5) is 0 Å². The number of aryl methyl sites for hydroxylation is 2. The molecule has 110 valence electrons. The first-order chi connectivity index (χ1) is 9.56. The van der Waals surface area contributed by atoms with Crippen molar-refractivity contribution in [1.29, 1.82) is 0 Å². The van der Waals surface area contributed by atoms with Crippen LogP contribution in [0.25, 0.3) is 6.08 Å². The van der Waals surface area contributed by atoms with Crippen molar-refractivity contribution < 1.29 is 9.90 Å². The number of hydrogen-bond acceptors (Lipinski definition) is 2. The molecule has 1 aromatic rings. The number of aliphatic hydroxyl groups is 1. The van der Waals surface area contributed by atoms with Crippen LogP contribution in [0.5, 0.6) is 0 Å². The lowest BCUT2D eigenvalue weighted by molar-refractivity contribution is -0.116. The van der Waals surface area contributed by atoms with E-state index in [2.05, 4.69) is 25.2 Å². The van der Waals surface area contributed by atoms with E-state index in [1.165, 1.54) is 11.1 Å². The Morgan fingerprint density at radius 1 is 1.40 bits per heavy atom. The molecule has 0 spiro atoms. The van der Waals surface area contributed by atoms with E-state index in [-0.39, 0.29) is 12.5 Å². The number of carbonyl (C=O) groups excluding carboxylic acids is 1. The van der Waals surface area contributed by atoms with Crippen molar-refractivity contribution in [2.24, 2.45) is 5.92 Å². The van der Waals surface area contributed by atoms with Crippen molar-refractivity contribution >= 4 is 12.0 Å². The molecule has 1 unspecified atom stereocenters. The smallest absolute Gasteiger partial charge is 0.244 e. The highest BCUT2D eigenvalue weighted by atomic mass is 16.3. The van der Waals surface area contributed by atoms with Gasteiger partial charge in [-0.15, -0.1) is 0 Å². The number of hydrogen-bond donors (Lipinski definition) is 2. The lowest BCUT2D eigenvalue weighted by Crippen LogP contribution is -2.28. The summed E-state index contributed by atoms with van der Waals surface area (Å²) in [6.07, 6.45) is 5.11. The third kappa shape index (κ3) is 5.57. The third-order valence-electron chi connectivity index (χ3n) is 3.52. The van der Waals surface area contributed by atoms with Crippen molar-refractivity contribution in [3.63, 3.8) is 0 Å². The number of nitrogens with one attached hydrogen (secondary N) is 1. The number of amides is 1. The van der Waals surface area contributed by atoms with Crippen molar-refractivity contribution in [3.8, 4) is 0 Å². The first-order valence-corrected chi connectivity index (χ1v) is 7.20. The molecular weight excluding hydrogens is 250 g/mol. The average molecular weight is 275 g/mol. The Labute approximate surface area is 121 Å². The molecule has 1 aromatic carbocycles. The molecule has 2 N–H and O–H groups in total. The topological polar surface area (TPSA) is 49.3 Å². The summed E-state index contributed by atoms with van der Waals surface area (Å²) >= 11 is 0. The van der Waals surface area contributed by atoms with E-state index in [4.69, 9.17) is 5.11 Å². The van der Waals surface area contributed by atoms with Gasteiger partial charge in [-0.1, -0.05) is 37.1 Å². The molecule has 0 saturated heterocycles. The second-order valence-electron chi connectivity index (χ2n) is 5.23. The maximum absolute atomic E-state index is 11.8. The first kappa shape index (κ1) is 16.4. The van der Waals surface area contributed by atoms with Crippen LogP contribution in [-0.2, 0) is 4.79 Å². The highest BCUT2D eigenvalue weighted by molar-refractivity contribution is 5.91. The molecule has 1 atom stereocenters. The Kier molecular flexibility index (Phi) is 7.02. The molecule has 0 heterocycles. The van der Waals surface area contributed by atoms with E-state index < -0.39 is 0 Å². The lowest BCUT2D eigenvalue weighted by atomic mass is 10.0. The van der Waals surface area contributed by atoms with Gasteiger partial charge < -0.3 is 10.4 Å². The maximum atomic E-state index is 11.8. The van der Waals surface area contributed by atoms with Crippen LogP contribution in [0.2, 0.25) is 0 Å². The molecule has 1 rings (SSSR count). The van der Waals surface area contributed by atoms with Crippen LogP contribution < -0.4 is 5.32 Å². The van der Waals surface area contributed by atoms with Gasteiger partial charge in [-0.2, -0.15) is 0 Å². The Morgan fingerprint density at radius 3 is 2.75 bits per heavy atom. The fraction of sp³-hybridized carbons (Fsp3) is 0.471. The zero-order valence-corrected chi connectivity index (χ0v) is 12.6. The number of aliphatic hydroxyl groups excluding tert-OH is 1. The zero-order chi connectivity index (χ0) is 15.0. The van der Waals surface area contributed by atoms with Gasteiger partial charge in [-0.05, 0) is 43.4 Å². The zero-order valence-electron chi connectivity index (χ0n) is 12.6. The highest BCUT2D eigenvalue weighted by Crippen LogP contribution is 2.12. The summed E-state index contributed by atoms with van der Waals surface area (Å²) in [4.78, 5) is 11.8. The minimum atomic E-state index is -0.0821. The fourth-order valence-electron chi connectivity index (χ4n) is 2.12. The predicted molar refractivity (Wildman–Crippen MR) is 83.4 cm³/mol. The molecule has 0 aliphatic carbocycles.